The van der Waals surface area contributed by atoms with E-state index >= 15 is 0 Å². The SMILES string of the molecule is CN1CCN(c2ccc3nc(-c4ccc5nc(-c6nccn6C)[nH]c5c4)[nH]c3c2)CC1. The van der Waals surface area contributed by atoms with Crippen LogP contribution < -0.4 is 4.90 Å². The van der Waals surface area contributed by atoms with Gasteiger partial charge in [-0.05, 0) is 43.4 Å². The van der Waals surface area contributed by atoms with Gasteiger partial charge in [0, 0.05) is 56.9 Å². The summed E-state index contributed by atoms with van der Waals surface area (Å²) < 4.78 is 1.95. The van der Waals surface area contributed by atoms with Crippen molar-refractivity contribution < 1.29 is 0 Å². The van der Waals surface area contributed by atoms with Gasteiger partial charge in [0.2, 0.25) is 0 Å². The van der Waals surface area contributed by atoms with Crippen LogP contribution in [0.25, 0.3) is 45.1 Å². The largest absolute Gasteiger partial charge is 0.369 e. The number of hydrogen-bond acceptors (Lipinski definition) is 5. The molecule has 0 bridgehead atoms. The molecule has 8 heteroatoms. The third kappa shape index (κ3) is 3.16. The Morgan fingerprint density at radius 2 is 1.52 bits per heavy atom. The van der Waals surface area contributed by atoms with Crippen molar-refractivity contribution >= 4 is 27.8 Å². The second-order valence-electron chi connectivity index (χ2n) is 8.26. The summed E-state index contributed by atoms with van der Waals surface area (Å²) in [5, 5.41) is 0. The van der Waals surface area contributed by atoms with E-state index < -0.39 is 0 Å². The highest BCUT2D eigenvalue weighted by Gasteiger charge is 2.16. The van der Waals surface area contributed by atoms with E-state index in [4.69, 9.17) is 4.98 Å². The lowest BCUT2D eigenvalue weighted by molar-refractivity contribution is 0.313. The van der Waals surface area contributed by atoms with Crippen LogP contribution in [0.1, 0.15) is 0 Å². The number of nitrogens with zero attached hydrogens (tertiary/aromatic N) is 6. The molecule has 3 aromatic heterocycles. The number of rotatable bonds is 3. The summed E-state index contributed by atoms with van der Waals surface area (Å²) in [5.41, 5.74) is 6.19. The molecule has 0 amide bonds. The molecule has 0 spiro atoms. The maximum Gasteiger partial charge on any atom is 0.175 e. The maximum atomic E-state index is 4.83. The molecule has 1 aliphatic rings. The summed E-state index contributed by atoms with van der Waals surface area (Å²) in [6.45, 7) is 4.29. The lowest BCUT2D eigenvalue weighted by atomic mass is 10.2. The monoisotopic (exact) mass is 412 g/mol. The average molecular weight is 413 g/mol. The number of likely N-dealkylation sites (N-methyl/N-ethyl adjacent to an activating group) is 1. The second-order valence-corrected chi connectivity index (χ2v) is 8.26. The van der Waals surface area contributed by atoms with Crippen molar-refractivity contribution in [2.75, 3.05) is 38.1 Å². The first kappa shape index (κ1) is 18.1. The predicted octanol–water partition coefficient (Wildman–Crippen LogP) is 3.26. The van der Waals surface area contributed by atoms with Crippen LogP contribution in [0.15, 0.2) is 48.8 Å². The van der Waals surface area contributed by atoms with Crippen LogP contribution in [0.2, 0.25) is 0 Å². The van der Waals surface area contributed by atoms with Crippen LogP contribution in [0.5, 0.6) is 0 Å². The Hall–Kier alpha value is -3.65. The van der Waals surface area contributed by atoms with E-state index in [1.165, 1.54) is 5.69 Å². The number of anilines is 1. The van der Waals surface area contributed by atoms with Crippen molar-refractivity contribution in [2.45, 2.75) is 0 Å². The van der Waals surface area contributed by atoms with Crippen molar-refractivity contribution in [3.63, 3.8) is 0 Å². The zero-order chi connectivity index (χ0) is 20.9. The quantitative estimate of drug-likeness (QED) is 0.475. The van der Waals surface area contributed by atoms with E-state index in [1.54, 1.807) is 6.20 Å². The van der Waals surface area contributed by atoms with Gasteiger partial charge in [0.15, 0.2) is 11.6 Å². The van der Waals surface area contributed by atoms with Crippen LogP contribution in [0.4, 0.5) is 5.69 Å². The molecule has 0 aliphatic carbocycles. The molecule has 0 unspecified atom stereocenters. The summed E-state index contributed by atoms with van der Waals surface area (Å²) in [4.78, 5) is 25.6. The minimum absolute atomic E-state index is 0.765. The number of benzene rings is 2. The van der Waals surface area contributed by atoms with Crippen molar-refractivity contribution in [1.29, 1.82) is 0 Å². The first-order chi connectivity index (χ1) is 15.1. The van der Waals surface area contributed by atoms with E-state index in [0.29, 0.717) is 0 Å². The third-order valence-corrected chi connectivity index (χ3v) is 6.12. The van der Waals surface area contributed by atoms with Crippen molar-refractivity contribution in [1.82, 2.24) is 34.4 Å². The number of imidazole rings is 3. The molecule has 0 radical (unpaired) electrons. The Balaban J connectivity index is 1.34. The molecule has 1 saturated heterocycles. The Kier molecular flexibility index (Phi) is 4.07. The van der Waals surface area contributed by atoms with Gasteiger partial charge in [-0.2, -0.15) is 0 Å². The second kappa shape index (κ2) is 6.95. The number of piperazine rings is 1. The van der Waals surface area contributed by atoms with Crippen LogP contribution in [-0.2, 0) is 7.05 Å². The highest BCUT2D eigenvalue weighted by molar-refractivity contribution is 5.86. The zero-order valence-corrected chi connectivity index (χ0v) is 17.6. The standard InChI is InChI=1S/C23H24N8/c1-29-9-11-31(12-10-29)16-4-6-18-20(14-16)27-21(25-18)15-3-5-17-19(13-15)28-22(26-17)23-24-7-8-30(23)2/h3-8,13-14H,9-12H2,1-2H3,(H,25,27)(H,26,28). The summed E-state index contributed by atoms with van der Waals surface area (Å²) in [5.74, 6) is 2.44. The van der Waals surface area contributed by atoms with Gasteiger partial charge >= 0.3 is 0 Å². The Labute approximate surface area is 179 Å². The first-order valence-electron chi connectivity index (χ1n) is 10.6. The molecular formula is C23H24N8. The molecule has 5 aromatic rings. The van der Waals surface area contributed by atoms with Gasteiger partial charge in [-0.3, -0.25) is 0 Å². The highest BCUT2D eigenvalue weighted by atomic mass is 15.2. The number of fused-ring (bicyclic) bond motifs is 2. The number of aromatic amines is 2. The minimum Gasteiger partial charge on any atom is -0.369 e. The smallest absolute Gasteiger partial charge is 0.175 e. The lowest BCUT2D eigenvalue weighted by Gasteiger charge is -2.34. The predicted molar refractivity (Wildman–Crippen MR) is 123 cm³/mol. The van der Waals surface area contributed by atoms with Gasteiger partial charge in [-0.15, -0.1) is 0 Å². The van der Waals surface area contributed by atoms with E-state index in [0.717, 1.165) is 71.3 Å². The van der Waals surface area contributed by atoms with Gasteiger partial charge < -0.3 is 24.3 Å². The summed E-state index contributed by atoms with van der Waals surface area (Å²) in [7, 11) is 4.14. The lowest BCUT2D eigenvalue weighted by Crippen LogP contribution is -2.44. The van der Waals surface area contributed by atoms with Crippen LogP contribution in [0, 0.1) is 0 Å². The summed E-state index contributed by atoms with van der Waals surface area (Å²) >= 11 is 0. The summed E-state index contributed by atoms with van der Waals surface area (Å²) in [6, 6.07) is 12.7. The number of aryl methyl sites for hydroxylation is 1. The Morgan fingerprint density at radius 3 is 2.29 bits per heavy atom. The molecule has 31 heavy (non-hydrogen) atoms. The Bertz CT molecular complexity index is 1380. The van der Waals surface area contributed by atoms with Crippen LogP contribution in [0.3, 0.4) is 0 Å². The zero-order valence-electron chi connectivity index (χ0n) is 17.6. The average Bonchev–Trinajstić information content (AvgIpc) is 3.50. The molecule has 0 atom stereocenters. The van der Waals surface area contributed by atoms with Crippen molar-refractivity contribution in [3.8, 4) is 23.0 Å². The van der Waals surface area contributed by atoms with Gasteiger partial charge in [0.25, 0.3) is 0 Å². The molecule has 156 valence electrons. The fourth-order valence-corrected chi connectivity index (χ4v) is 4.25. The van der Waals surface area contributed by atoms with Gasteiger partial charge in [-0.25, -0.2) is 15.0 Å². The van der Waals surface area contributed by atoms with Crippen molar-refractivity contribution in [3.05, 3.63) is 48.8 Å². The van der Waals surface area contributed by atoms with Gasteiger partial charge in [0.05, 0.1) is 22.1 Å². The van der Waals surface area contributed by atoms with Crippen molar-refractivity contribution in [2.24, 2.45) is 7.05 Å². The number of aromatic nitrogens is 6. The van der Waals surface area contributed by atoms with Gasteiger partial charge in [0.1, 0.15) is 5.82 Å². The minimum atomic E-state index is 0.765. The topological polar surface area (TPSA) is 81.7 Å². The van der Waals surface area contributed by atoms with E-state index in [9.17, 15) is 0 Å². The molecule has 2 N–H and O–H groups in total. The fraction of sp³-hybridized carbons (Fsp3) is 0.261. The molecule has 0 saturated carbocycles. The highest BCUT2D eigenvalue weighted by Crippen LogP contribution is 2.28. The molecule has 1 aliphatic heterocycles. The third-order valence-electron chi connectivity index (χ3n) is 6.12. The molecular weight excluding hydrogens is 388 g/mol. The summed E-state index contributed by atoms with van der Waals surface area (Å²) in [6.07, 6.45) is 3.69. The molecule has 1 fully saturated rings. The molecule has 8 nitrogen and oxygen atoms in total. The number of nitrogens with one attached hydrogen (secondary N) is 2. The molecule has 4 heterocycles. The normalized spacial score (nSPS) is 15.4. The van der Waals surface area contributed by atoms with E-state index in [-0.39, 0.29) is 0 Å². The van der Waals surface area contributed by atoms with Crippen LogP contribution >= 0.6 is 0 Å². The first-order valence-corrected chi connectivity index (χ1v) is 10.6. The fourth-order valence-electron chi connectivity index (χ4n) is 4.25. The van der Waals surface area contributed by atoms with Crippen LogP contribution in [-0.4, -0.2) is 67.6 Å². The van der Waals surface area contributed by atoms with E-state index in [2.05, 4.69) is 67.1 Å². The van der Waals surface area contributed by atoms with Gasteiger partial charge in [-0.1, -0.05) is 0 Å². The van der Waals surface area contributed by atoms with E-state index in [1.807, 2.05) is 23.9 Å². The Morgan fingerprint density at radius 1 is 0.806 bits per heavy atom. The number of hydrogen-bond donors (Lipinski definition) is 2. The molecule has 2 aromatic carbocycles. The molecule has 6 rings (SSSR count). The number of H-pyrrole nitrogens is 2. The maximum absolute atomic E-state index is 4.83.